The molecular weight excluding hydrogens is 338 g/mol. The second-order valence-corrected chi connectivity index (χ2v) is 7.11. The minimum absolute atomic E-state index is 0.0764. The maximum absolute atomic E-state index is 13.1. The van der Waals surface area contributed by atoms with E-state index >= 15 is 0 Å². The number of amides is 1. The number of ether oxygens (including phenoxy) is 1. The number of benzene rings is 1. The Morgan fingerprint density at radius 1 is 1.30 bits per heavy atom. The summed E-state index contributed by atoms with van der Waals surface area (Å²) in [5.41, 5.74) is 1.56. The second-order valence-electron chi connectivity index (χ2n) is 7.11. The second kappa shape index (κ2) is 9.42. The van der Waals surface area contributed by atoms with Crippen molar-refractivity contribution in [1.82, 2.24) is 14.9 Å². The summed E-state index contributed by atoms with van der Waals surface area (Å²) in [5, 5.41) is 0. The van der Waals surface area contributed by atoms with Crippen LogP contribution in [0.2, 0.25) is 0 Å². The fourth-order valence-electron chi connectivity index (χ4n) is 3.09. The highest BCUT2D eigenvalue weighted by atomic mass is 16.5. The van der Waals surface area contributed by atoms with E-state index in [0.717, 1.165) is 25.0 Å². The Morgan fingerprint density at radius 3 is 2.81 bits per heavy atom. The normalized spacial score (nSPS) is 16.9. The van der Waals surface area contributed by atoms with Crippen LogP contribution in [-0.2, 0) is 4.74 Å². The summed E-state index contributed by atoms with van der Waals surface area (Å²) < 4.78 is 5.75. The number of aromatic nitrogens is 2. The summed E-state index contributed by atoms with van der Waals surface area (Å²) in [5.74, 6) is 0.799. The molecule has 0 unspecified atom stereocenters. The van der Waals surface area contributed by atoms with Crippen LogP contribution in [0.5, 0.6) is 0 Å². The standard InChI is InChI=1S/C22H27N3O2/c1-17(2)21-23-13-12-20(24-21)22(26)25(16-19-11-7-15-27-19)14-6-10-18-8-4-3-5-9-18/h3-6,8-10,12-13,17,19H,7,11,14-16H2,1-2H3/b10-6+/t19-/m1/s1. The van der Waals surface area contributed by atoms with E-state index in [1.807, 2.05) is 61.2 Å². The highest BCUT2D eigenvalue weighted by Crippen LogP contribution is 2.16. The predicted octanol–water partition coefficient (Wildman–Crippen LogP) is 3.93. The van der Waals surface area contributed by atoms with E-state index in [-0.39, 0.29) is 17.9 Å². The van der Waals surface area contributed by atoms with Crippen molar-refractivity contribution >= 4 is 12.0 Å². The molecule has 0 bridgehead atoms. The van der Waals surface area contributed by atoms with Gasteiger partial charge in [0.15, 0.2) is 0 Å². The SMILES string of the molecule is CC(C)c1nccc(C(=O)N(C/C=C/c2ccccc2)C[C@H]2CCCO2)n1. The molecule has 0 aliphatic carbocycles. The van der Waals surface area contributed by atoms with Crippen LogP contribution in [0, 0.1) is 0 Å². The molecule has 1 aromatic heterocycles. The average molecular weight is 365 g/mol. The Hall–Kier alpha value is -2.53. The summed E-state index contributed by atoms with van der Waals surface area (Å²) in [6.45, 7) is 5.93. The van der Waals surface area contributed by atoms with Gasteiger partial charge >= 0.3 is 0 Å². The van der Waals surface area contributed by atoms with Crippen LogP contribution in [0.4, 0.5) is 0 Å². The molecule has 5 nitrogen and oxygen atoms in total. The largest absolute Gasteiger partial charge is 0.376 e. The number of rotatable bonds is 7. The quantitative estimate of drug-likeness (QED) is 0.746. The van der Waals surface area contributed by atoms with Crippen molar-refractivity contribution in [2.75, 3.05) is 19.7 Å². The van der Waals surface area contributed by atoms with Gasteiger partial charge in [-0.1, -0.05) is 56.3 Å². The Balaban J connectivity index is 1.75. The van der Waals surface area contributed by atoms with Crippen LogP contribution in [0.1, 0.15) is 54.5 Å². The number of hydrogen-bond acceptors (Lipinski definition) is 4. The van der Waals surface area contributed by atoms with E-state index < -0.39 is 0 Å². The lowest BCUT2D eigenvalue weighted by Crippen LogP contribution is -2.38. The van der Waals surface area contributed by atoms with Gasteiger partial charge in [-0.15, -0.1) is 0 Å². The van der Waals surface area contributed by atoms with Crippen molar-refractivity contribution < 1.29 is 9.53 Å². The first-order valence-corrected chi connectivity index (χ1v) is 9.59. The third-order valence-corrected chi connectivity index (χ3v) is 4.58. The van der Waals surface area contributed by atoms with Crippen molar-refractivity contribution in [2.45, 2.75) is 38.7 Å². The highest BCUT2D eigenvalue weighted by Gasteiger charge is 2.24. The van der Waals surface area contributed by atoms with Crippen LogP contribution in [0.15, 0.2) is 48.7 Å². The molecule has 0 spiro atoms. The van der Waals surface area contributed by atoms with Crippen molar-refractivity contribution in [1.29, 1.82) is 0 Å². The molecular formula is C22H27N3O2. The molecule has 2 aromatic rings. The monoisotopic (exact) mass is 365 g/mol. The lowest BCUT2D eigenvalue weighted by atomic mass is 10.2. The maximum Gasteiger partial charge on any atom is 0.272 e. The van der Waals surface area contributed by atoms with Gasteiger partial charge in [0.1, 0.15) is 11.5 Å². The maximum atomic E-state index is 13.1. The van der Waals surface area contributed by atoms with Crippen LogP contribution < -0.4 is 0 Å². The van der Waals surface area contributed by atoms with Crippen molar-refractivity contribution in [2.24, 2.45) is 0 Å². The van der Waals surface area contributed by atoms with Gasteiger partial charge < -0.3 is 9.64 Å². The van der Waals surface area contributed by atoms with Gasteiger partial charge in [0.05, 0.1) is 6.10 Å². The van der Waals surface area contributed by atoms with Gasteiger partial charge in [0, 0.05) is 31.8 Å². The molecule has 1 amide bonds. The topological polar surface area (TPSA) is 55.3 Å². The summed E-state index contributed by atoms with van der Waals surface area (Å²) in [6, 6.07) is 11.8. The fourth-order valence-corrected chi connectivity index (χ4v) is 3.09. The lowest BCUT2D eigenvalue weighted by molar-refractivity contribution is 0.0549. The molecule has 1 aromatic carbocycles. The molecule has 27 heavy (non-hydrogen) atoms. The van der Waals surface area contributed by atoms with Gasteiger partial charge in [-0.2, -0.15) is 0 Å². The Labute approximate surface area is 161 Å². The molecule has 1 aliphatic rings. The van der Waals surface area contributed by atoms with Gasteiger partial charge in [-0.25, -0.2) is 9.97 Å². The molecule has 2 heterocycles. The van der Waals surface area contributed by atoms with Crippen molar-refractivity contribution in [3.63, 3.8) is 0 Å². The van der Waals surface area contributed by atoms with Crippen molar-refractivity contribution in [3.05, 3.63) is 65.8 Å². The van der Waals surface area contributed by atoms with E-state index in [2.05, 4.69) is 9.97 Å². The molecule has 0 N–H and O–H groups in total. The summed E-state index contributed by atoms with van der Waals surface area (Å²) in [6.07, 6.45) is 7.87. The first kappa shape index (κ1) is 19.2. The van der Waals surface area contributed by atoms with Gasteiger partial charge in [-0.05, 0) is 24.5 Å². The number of hydrogen-bond donors (Lipinski definition) is 0. The van der Waals surface area contributed by atoms with Crippen molar-refractivity contribution in [3.8, 4) is 0 Å². The van der Waals surface area contributed by atoms with E-state index in [4.69, 9.17) is 4.74 Å². The average Bonchev–Trinajstić information content (AvgIpc) is 3.21. The van der Waals surface area contributed by atoms with Gasteiger partial charge in [-0.3, -0.25) is 4.79 Å². The minimum atomic E-state index is -0.0764. The molecule has 1 fully saturated rings. The smallest absolute Gasteiger partial charge is 0.272 e. The van der Waals surface area contributed by atoms with Crippen LogP contribution in [0.3, 0.4) is 0 Å². The Bertz CT molecular complexity index is 768. The summed E-state index contributed by atoms with van der Waals surface area (Å²) in [7, 11) is 0. The van der Waals surface area contributed by atoms with Gasteiger partial charge in [0.2, 0.25) is 0 Å². The van der Waals surface area contributed by atoms with Crippen LogP contribution in [0.25, 0.3) is 6.08 Å². The van der Waals surface area contributed by atoms with Crippen LogP contribution in [-0.4, -0.2) is 46.6 Å². The number of nitrogens with zero attached hydrogens (tertiary/aromatic N) is 3. The highest BCUT2D eigenvalue weighted by molar-refractivity contribution is 5.92. The number of carbonyl (C=O) groups is 1. The number of carbonyl (C=O) groups excluding carboxylic acids is 1. The Kier molecular flexibility index (Phi) is 6.71. The van der Waals surface area contributed by atoms with E-state index in [1.54, 1.807) is 12.3 Å². The zero-order chi connectivity index (χ0) is 19.1. The predicted molar refractivity (Wildman–Crippen MR) is 106 cm³/mol. The minimum Gasteiger partial charge on any atom is -0.376 e. The Morgan fingerprint density at radius 2 is 2.11 bits per heavy atom. The third-order valence-electron chi connectivity index (χ3n) is 4.58. The molecule has 1 saturated heterocycles. The first-order valence-electron chi connectivity index (χ1n) is 9.59. The molecule has 3 rings (SSSR count). The zero-order valence-electron chi connectivity index (χ0n) is 16.0. The zero-order valence-corrected chi connectivity index (χ0v) is 16.0. The molecule has 1 atom stereocenters. The summed E-state index contributed by atoms with van der Waals surface area (Å²) in [4.78, 5) is 23.6. The summed E-state index contributed by atoms with van der Waals surface area (Å²) >= 11 is 0. The first-order chi connectivity index (χ1) is 13.1. The fraction of sp³-hybridized carbons (Fsp3) is 0.409. The molecule has 1 aliphatic heterocycles. The molecule has 142 valence electrons. The van der Waals surface area contributed by atoms with E-state index in [9.17, 15) is 4.79 Å². The van der Waals surface area contributed by atoms with Crippen LogP contribution >= 0.6 is 0 Å². The van der Waals surface area contributed by atoms with E-state index in [1.165, 1.54) is 0 Å². The molecule has 0 saturated carbocycles. The molecule has 5 heteroatoms. The molecule has 0 radical (unpaired) electrons. The third kappa shape index (κ3) is 5.47. The lowest BCUT2D eigenvalue weighted by Gasteiger charge is -2.24. The van der Waals surface area contributed by atoms with E-state index in [0.29, 0.717) is 24.6 Å². The van der Waals surface area contributed by atoms with Gasteiger partial charge in [0.25, 0.3) is 5.91 Å².